The van der Waals surface area contributed by atoms with Gasteiger partial charge in [-0.2, -0.15) is 0 Å². The summed E-state index contributed by atoms with van der Waals surface area (Å²) in [5.41, 5.74) is 0.993. The van der Waals surface area contributed by atoms with E-state index >= 15 is 0 Å². The smallest absolute Gasteiger partial charge is 0.262 e. The number of nitrogens with one attached hydrogen (secondary N) is 1. The number of carbonyl (C=O) groups excluding carboxylic acids is 2. The fraction of sp³-hybridized carbons (Fsp3) is 0.619. The van der Waals surface area contributed by atoms with Crippen LogP contribution in [-0.2, 0) is 29.0 Å². The molecule has 4 rings (SSSR count). The molecule has 0 saturated carbocycles. The Hall–Kier alpha value is -2.22. The van der Waals surface area contributed by atoms with Crippen LogP contribution in [0.4, 0.5) is 0 Å². The molecule has 1 atom stereocenters. The van der Waals surface area contributed by atoms with Crippen molar-refractivity contribution in [3.05, 3.63) is 27.1 Å². The van der Waals surface area contributed by atoms with Crippen molar-refractivity contribution in [1.82, 2.24) is 19.8 Å². The number of hydrogen-bond acceptors (Lipinski definition) is 5. The highest BCUT2D eigenvalue weighted by Gasteiger charge is 2.22. The van der Waals surface area contributed by atoms with E-state index in [1.807, 2.05) is 4.90 Å². The van der Waals surface area contributed by atoms with E-state index in [1.165, 1.54) is 22.2 Å². The van der Waals surface area contributed by atoms with Gasteiger partial charge in [-0.3, -0.25) is 19.0 Å². The first kappa shape index (κ1) is 20.1. The van der Waals surface area contributed by atoms with Crippen LogP contribution in [0.5, 0.6) is 0 Å². The number of amides is 2. The Balaban J connectivity index is 1.35. The second kappa shape index (κ2) is 8.65. The van der Waals surface area contributed by atoms with Gasteiger partial charge in [0, 0.05) is 30.9 Å². The quantitative estimate of drug-likeness (QED) is 0.809. The zero-order valence-corrected chi connectivity index (χ0v) is 17.7. The lowest BCUT2D eigenvalue weighted by molar-refractivity contribution is -0.132. The van der Waals surface area contributed by atoms with E-state index < -0.39 is 0 Å². The molecule has 1 aliphatic carbocycles. The highest BCUT2D eigenvalue weighted by molar-refractivity contribution is 7.18. The Morgan fingerprint density at radius 3 is 2.93 bits per heavy atom. The van der Waals surface area contributed by atoms with Crippen LogP contribution in [0, 0.1) is 5.92 Å². The summed E-state index contributed by atoms with van der Waals surface area (Å²) in [6.07, 6.45) is 8.16. The van der Waals surface area contributed by atoms with Crippen LogP contribution in [0.1, 0.15) is 49.5 Å². The van der Waals surface area contributed by atoms with Gasteiger partial charge >= 0.3 is 0 Å². The molecule has 2 aliphatic rings. The van der Waals surface area contributed by atoms with Gasteiger partial charge in [0.15, 0.2) is 0 Å². The van der Waals surface area contributed by atoms with E-state index in [0.29, 0.717) is 24.3 Å². The highest BCUT2D eigenvalue weighted by Crippen LogP contribution is 2.33. The van der Waals surface area contributed by atoms with Gasteiger partial charge in [0.2, 0.25) is 11.8 Å². The van der Waals surface area contributed by atoms with Crippen LogP contribution in [0.3, 0.4) is 0 Å². The largest absolute Gasteiger partial charge is 0.354 e. The molecule has 1 saturated heterocycles. The van der Waals surface area contributed by atoms with Gasteiger partial charge in [-0.1, -0.05) is 6.92 Å². The SMILES string of the molecule is CC1CCCN(C(=O)CCNC(=O)Cn2cnc3sc4c(c3c2=O)CCCC4)C1. The molecular weight excluding hydrogens is 388 g/mol. The number of aromatic nitrogens is 2. The monoisotopic (exact) mass is 416 g/mol. The average molecular weight is 417 g/mol. The van der Waals surface area contributed by atoms with Crippen LogP contribution in [0.25, 0.3) is 10.2 Å². The molecular formula is C21H28N4O3S. The third kappa shape index (κ3) is 4.37. The minimum absolute atomic E-state index is 0.0681. The van der Waals surface area contributed by atoms with E-state index in [-0.39, 0.29) is 23.9 Å². The van der Waals surface area contributed by atoms with E-state index in [2.05, 4.69) is 17.2 Å². The number of fused-ring (bicyclic) bond motifs is 3. The van der Waals surface area contributed by atoms with Gasteiger partial charge in [-0.05, 0) is 50.0 Å². The van der Waals surface area contributed by atoms with Gasteiger partial charge < -0.3 is 10.2 Å². The van der Waals surface area contributed by atoms with Crippen molar-refractivity contribution in [2.75, 3.05) is 19.6 Å². The zero-order chi connectivity index (χ0) is 20.4. The van der Waals surface area contributed by atoms with Crippen LogP contribution >= 0.6 is 11.3 Å². The first-order chi connectivity index (χ1) is 14.0. The first-order valence-corrected chi connectivity index (χ1v) is 11.4. The molecule has 7 nitrogen and oxygen atoms in total. The maximum Gasteiger partial charge on any atom is 0.262 e. The number of nitrogens with zero attached hydrogens (tertiary/aromatic N) is 3. The van der Waals surface area contributed by atoms with E-state index in [4.69, 9.17) is 0 Å². The molecule has 1 unspecified atom stereocenters. The van der Waals surface area contributed by atoms with E-state index in [9.17, 15) is 14.4 Å². The van der Waals surface area contributed by atoms with Gasteiger partial charge in [0.25, 0.3) is 5.56 Å². The topological polar surface area (TPSA) is 84.3 Å². The maximum atomic E-state index is 12.9. The standard InChI is InChI=1S/C21H28N4O3S/c1-14-5-4-10-24(11-14)18(27)8-9-22-17(26)12-25-13-23-20-19(21(25)28)15-6-2-3-7-16(15)29-20/h13-14H,2-12H2,1H3,(H,22,26). The Bertz CT molecular complexity index is 980. The lowest BCUT2D eigenvalue weighted by Gasteiger charge is -2.31. The number of rotatable bonds is 5. The molecule has 2 aromatic rings. The minimum atomic E-state index is -0.267. The summed E-state index contributed by atoms with van der Waals surface area (Å²) < 4.78 is 1.38. The number of carbonyl (C=O) groups is 2. The summed E-state index contributed by atoms with van der Waals surface area (Å²) in [7, 11) is 0. The molecule has 3 heterocycles. The second-order valence-electron chi connectivity index (χ2n) is 8.26. The summed E-state index contributed by atoms with van der Waals surface area (Å²) in [5.74, 6) is 0.360. The van der Waals surface area contributed by atoms with Crippen molar-refractivity contribution in [1.29, 1.82) is 0 Å². The van der Waals surface area contributed by atoms with Crippen LogP contribution < -0.4 is 10.9 Å². The molecule has 1 fully saturated rings. The molecule has 0 bridgehead atoms. The van der Waals surface area contributed by atoms with Crippen molar-refractivity contribution in [2.45, 2.75) is 58.4 Å². The summed E-state index contributed by atoms with van der Waals surface area (Å²) in [6, 6.07) is 0. The maximum absolute atomic E-state index is 12.9. The zero-order valence-electron chi connectivity index (χ0n) is 16.9. The average Bonchev–Trinajstić information content (AvgIpc) is 3.09. The van der Waals surface area contributed by atoms with Crippen LogP contribution in [0.2, 0.25) is 0 Å². The Morgan fingerprint density at radius 1 is 1.28 bits per heavy atom. The van der Waals surface area contributed by atoms with Crippen molar-refractivity contribution in [3.8, 4) is 0 Å². The molecule has 8 heteroatoms. The summed E-state index contributed by atoms with van der Waals surface area (Å²) >= 11 is 1.61. The third-order valence-electron chi connectivity index (χ3n) is 5.93. The Labute approximate surface area is 174 Å². The molecule has 156 valence electrons. The minimum Gasteiger partial charge on any atom is -0.354 e. The predicted octanol–water partition coefficient (Wildman–Crippen LogP) is 2.10. The highest BCUT2D eigenvalue weighted by atomic mass is 32.1. The molecule has 0 spiro atoms. The Morgan fingerprint density at radius 2 is 2.10 bits per heavy atom. The lowest BCUT2D eigenvalue weighted by Crippen LogP contribution is -2.41. The van der Waals surface area contributed by atoms with E-state index in [1.54, 1.807) is 11.3 Å². The van der Waals surface area contributed by atoms with Crippen molar-refractivity contribution < 1.29 is 9.59 Å². The summed E-state index contributed by atoms with van der Waals surface area (Å²) in [5, 5.41) is 3.46. The second-order valence-corrected chi connectivity index (χ2v) is 9.34. The number of likely N-dealkylation sites (tertiary alicyclic amines) is 1. The molecule has 29 heavy (non-hydrogen) atoms. The lowest BCUT2D eigenvalue weighted by atomic mass is 9.97. The third-order valence-corrected chi connectivity index (χ3v) is 7.13. The van der Waals surface area contributed by atoms with Crippen molar-refractivity contribution >= 4 is 33.4 Å². The van der Waals surface area contributed by atoms with Gasteiger partial charge in [-0.25, -0.2) is 4.98 Å². The number of thiophene rings is 1. The number of aryl methyl sites for hydroxylation is 2. The van der Waals surface area contributed by atoms with Gasteiger partial charge in [0.05, 0.1) is 11.7 Å². The molecule has 1 aliphatic heterocycles. The van der Waals surface area contributed by atoms with Gasteiger partial charge in [-0.15, -0.1) is 11.3 Å². The Kier molecular flexibility index (Phi) is 5.99. The van der Waals surface area contributed by atoms with E-state index in [0.717, 1.165) is 55.6 Å². The fourth-order valence-corrected chi connectivity index (χ4v) is 5.61. The molecule has 2 amide bonds. The van der Waals surface area contributed by atoms with Crippen LogP contribution in [0.15, 0.2) is 11.1 Å². The normalized spacial score (nSPS) is 19.2. The number of hydrogen-bond donors (Lipinski definition) is 1. The van der Waals surface area contributed by atoms with Gasteiger partial charge in [0.1, 0.15) is 11.4 Å². The first-order valence-electron chi connectivity index (χ1n) is 10.6. The van der Waals surface area contributed by atoms with Crippen molar-refractivity contribution in [2.24, 2.45) is 5.92 Å². The summed E-state index contributed by atoms with van der Waals surface area (Å²) in [4.78, 5) is 45.9. The van der Waals surface area contributed by atoms with Crippen LogP contribution in [-0.4, -0.2) is 45.9 Å². The molecule has 1 N–H and O–H groups in total. The predicted molar refractivity (Wildman–Crippen MR) is 113 cm³/mol. The summed E-state index contributed by atoms with van der Waals surface area (Å²) in [6.45, 7) is 4.00. The molecule has 0 radical (unpaired) electrons. The fourth-order valence-electron chi connectivity index (χ4n) is 4.39. The van der Waals surface area contributed by atoms with Crippen molar-refractivity contribution in [3.63, 3.8) is 0 Å². The molecule has 0 aromatic carbocycles. The number of piperidine rings is 1. The molecule has 2 aromatic heterocycles.